The van der Waals surface area contributed by atoms with E-state index in [1.54, 1.807) is 6.08 Å². The molecule has 0 N–H and O–H groups in total. The molecular formula is C19H16O2. The van der Waals surface area contributed by atoms with Crippen molar-refractivity contribution in [2.75, 3.05) is 0 Å². The predicted molar refractivity (Wildman–Crippen MR) is 84.4 cm³/mol. The van der Waals surface area contributed by atoms with Gasteiger partial charge in [-0.05, 0) is 29.7 Å². The van der Waals surface area contributed by atoms with Gasteiger partial charge < -0.3 is 4.74 Å². The molecular weight excluding hydrogens is 260 g/mol. The molecule has 2 heteroatoms. The van der Waals surface area contributed by atoms with Crippen molar-refractivity contribution in [3.05, 3.63) is 77.9 Å². The average Bonchev–Trinajstić information content (AvgIpc) is 2.51. The van der Waals surface area contributed by atoms with Gasteiger partial charge in [-0.1, -0.05) is 60.5 Å². The van der Waals surface area contributed by atoms with Crippen molar-refractivity contribution < 1.29 is 9.53 Å². The molecule has 21 heavy (non-hydrogen) atoms. The van der Waals surface area contributed by atoms with Crippen molar-refractivity contribution in [1.82, 2.24) is 0 Å². The Kier molecular flexibility index (Phi) is 5.37. The smallest absolute Gasteiger partial charge is 0.304 e. The molecule has 1 atom stereocenters. The minimum absolute atomic E-state index is 0.347. The van der Waals surface area contributed by atoms with Crippen molar-refractivity contribution in [2.45, 2.75) is 13.0 Å². The lowest BCUT2D eigenvalue weighted by Crippen LogP contribution is -2.11. The first kappa shape index (κ1) is 14.6. The number of carbonyl (C=O) groups is 1. The Balaban J connectivity index is 2.14. The second-order valence-corrected chi connectivity index (χ2v) is 4.44. The van der Waals surface area contributed by atoms with Gasteiger partial charge >= 0.3 is 5.97 Å². The Morgan fingerprint density at radius 1 is 1.05 bits per heavy atom. The van der Waals surface area contributed by atoms with Crippen LogP contribution in [0.1, 0.15) is 18.1 Å². The SMILES string of the molecule is CC(=O)OC(C#Cc1ccccc1)/C=C/c1ccccc1. The Morgan fingerprint density at radius 2 is 1.67 bits per heavy atom. The fourth-order valence-corrected chi connectivity index (χ4v) is 1.73. The van der Waals surface area contributed by atoms with Crippen LogP contribution in [0.3, 0.4) is 0 Å². The van der Waals surface area contributed by atoms with E-state index in [4.69, 9.17) is 4.74 Å². The third-order valence-corrected chi connectivity index (χ3v) is 2.69. The van der Waals surface area contributed by atoms with Crippen molar-refractivity contribution in [2.24, 2.45) is 0 Å². The minimum Gasteiger partial charge on any atom is -0.445 e. The standard InChI is InChI=1S/C19H16O2/c1-16(20)21-19(14-12-17-8-4-2-5-9-17)15-13-18-10-6-3-7-11-18/h2-12,14,19H,1H3/b14-12+. The maximum Gasteiger partial charge on any atom is 0.304 e. The molecule has 0 saturated heterocycles. The number of ether oxygens (including phenoxy) is 1. The van der Waals surface area contributed by atoms with Crippen molar-refractivity contribution in [1.29, 1.82) is 0 Å². The van der Waals surface area contributed by atoms with E-state index in [1.807, 2.05) is 66.7 Å². The third kappa shape index (κ3) is 5.38. The molecule has 1 unspecified atom stereocenters. The van der Waals surface area contributed by atoms with Crippen LogP contribution < -0.4 is 0 Å². The molecule has 0 amide bonds. The fraction of sp³-hybridized carbons (Fsp3) is 0.105. The number of carbonyl (C=O) groups excluding carboxylic acids is 1. The van der Waals surface area contributed by atoms with Crippen LogP contribution in [0.4, 0.5) is 0 Å². The van der Waals surface area contributed by atoms with Crippen LogP contribution in [0.5, 0.6) is 0 Å². The van der Waals surface area contributed by atoms with Gasteiger partial charge in [0.15, 0.2) is 6.10 Å². The monoisotopic (exact) mass is 276 g/mol. The van der Waals surface area contributed by atoms with Crippen LogP contribution in [-0.2, 0) is 9.53 Å². The fourth-order valence-electron chi connectivity index (χ4n) is 1.73. The summed E-state index contributed by atoms with van der Waals surface area (Å²) in [6.45, 7) is 1.38. The number of rotatable bonds is 3. The maximum absolute atomic E-state index is 11.2. The molecule has 0 bridgehead atoms. The van der Waals surface area contributed by atoms with Gasteiger partial charge in [-0.25, -0.2) is 0 Å². The normalized spacial score (nSPS) is 11.5. The molecule has 104 valence electrons. The van der Waals surface area contributed by atoms with Crippen molar-refractivity contribution in [3.8, 4) is 11.8 Å². The molecule has 2 aromatic rings. The summed E-state index contributed by atoms with van der Waals surface area (Å²) in [6.07, 6.45) is 3.13. The van der Waals surface area contributed by atoms with Gasteiger partial charge in [-0.15, -0.1) is 0 Å². The summed E-state index contributed by atoms with van der Waals surface area (Å²) in [7, 11) is 0. The summed E-state index contributed by atoms with van der Waals surface area (Å²) < 4.78 is 5.19. The first-order valence-corrected chi connectivity index (χ1v) is 6.71. The van der Waals surface area contributed by atoms with Crippen LogP contribution in [0.2, 0.25) is 0 Å². The van der Waals surface area contributed by atoms with E-state index in [0.717, 1.165) is 11.1 Å². The van der Waals surface area contributed by atoms with E-state index >= 15 is 0 Å². The molecule has 0 saturated carbocycles. The lowest BCUT2D eigenvalue weighted by Gasteiger charge is -2.05. The van der Waals surface area contributed by atoms with Crippen LogP contribution in [-0.4, -0.2) is 12.1 Å². The summed E-state index contributed by atoms with van der Waals surface area (Å²) in [5, 5.41) is 0. The summed E-state index contributed by atoms with van der Waals surface area (Å²) in [4.78, 5) is 11.2. The Hall–Kier alpha value is -2.79. The van der Waals surface area contributed by atoms with Crippen LogP contribution in [0, 0.1) is 11.8 Å². The van der Waals surface area contributed by atoms with Gasteiger partial charge in [0, 0.05) is 12.5 Å². The number of esters is 1. The predicted octanol–water partition coefficient (Wildman–Crippen LogP) is 3.68. The zero-order valence-corrected chi connectivity index (χ0v) is 11.8. The van der Waals surface area contributed by atoms with Crippen LogP contribution >= 0.6 is 0 Å². The molecule has 0 fully saturated rings. The topological polar surface area (TPSA) is 26.3 Å². The quantitative estimate of drug-likeness (QED) is 0.631. The summed E-state index contributed by atoms with van der Waals surface area (Å²) >= 11 is 0. The van der Waals surface area contributed by atoms with Gasteiger partial charge in [-0.2, -0.15) is 0 Å². The number of benzene rings is 2. The highest BCUT2D eigenvalue weighted by molar-refractivity contribution is 5.67. The molecule has 0 spiro atoms. The first-order chi connectivity index (χ1) is 10.2. The van der Waals surface area contributed by atoms with Gasteiger partial charge in [0.1, 0.15) is 0 Å². The Morgan fingerprint density at radius 3 is 2.29 bits per heavy atom. The molecule has 2 nitrogen and oxygen atoms in total. The lowest BCUT2D eigenvalue weighted by atomic mass is 10.1. The largest absolute Gasteiger partial charge is 0.445 e. The molecule has 0 aliphatic carbocycles. The van der Waals surface area contributed by atoms with Gasteiger partial charge in [0.25, 0.3) is 0 Å². The highest BCUT2D eigenvalue weighted by Gasteiger charge is 2.03. The van der Waals surface area contributed by atoms with Crippen LogP contribution in [0.25, 0.3) is 6.08 Å². The summed E-state index contributed by atoms with van der Waals surface area (Å²) in [6, 6.07) is 19.4. The molecule has 0 heterocycles. The third-order valence-electron chi connectivity index (χ3n) is 2.69. The van der Waals surface area contributed by atoms with Crippen molar-refractivity contribution >= 4 is 12.0 Å². The van der Waals surface area contributed by atoms with E-state index in [9.17, 15) is 4.79 Å². The maximum atomic E-state index is 11.2. The van der Waals surface area contributed by atoms with Gasteiger partial charge in [0.2, 0.25) is 0 Å². The molecule has 2 rings (SSSR count). The Bertz CT molecular complexity index is 661. The molecule has 0 aliphatic rings. The van der Waals surface area contributed by atoms with E-state index in [-0.39, 0.29) is 5.97 Å². The summed E-state index contributed by atoms with van der Waals surface area (Å²) in [5.41, 5.74) is 1.93. The van der Waals surface area contributed by atoms with Crippen molar-refractivity contribution in [3.63, 3.8) is 0 Å². The summed E-state index contributed by atoms with van der Waals surface area (Å²) in [5.74, 6) is 5.62. The minimum atomic E-state index is -0.553. The molecule has 0 radical (unpaired) electrons. The van der Waals surface area contributed by atoms with E-state index in [0.29, 0.717) is 0 Å². The van der Waals surface area contributed by atoms with Gasteiger partial charge in [0.05, 0.1) is 0 Å². The first-order valence-electron chi connectivity index (χ1n) is 6.71. The van der Waals surface area contributed by atoms with E-state index in [1.165, 1.54) is 6.92 Å². The molecule has 2 aromatic carbocycles. The number of hydrogen-bond acceptors (Lipinski definition) is 2. The molecule has 0 aliphatic heterocycles. The molecule has 0 aromatic heterocycles. The zero-order chi connectivity index (χ0) is 14.9. The highest BCUT2D eigenvalue weighted by atomic mass is 16.5. The average molecular weight is 276 g/mol. The highest BCUT2D eigenvalue weighted by Crippen LogP contribution is 2.04. The van der Waals surface area contributed by atoms with Crippen LogP contribution in [0.15, 0.2) is 66.7 Å². The zero-order valence-electron chi connectivity index (χ0n) is 11.8. The van der Waals surface area contributed by atoms with E-state index < -0.39 is 6.10 Å². The second-order valence-electron chi connectivity index (χ2n) is 4.44. The van der Waals surface area contributed by atoms with Gasteiger partial charge in [-0.3, -0.25) is 4.79 Å². The second kappa shape index (κ2) is 7.72. The lowest BCUT2D eigenvalue weighted by molar-refractivity contribution is -0.142. The number of hydrogen-bond donors (Lipinski definition) is 0. The Labute approximate surface area is 125 Å². The van der Waals surface area contributed by atoms with E-state index in [2.05, 4.69) is 11.8 Å².